The summed E-state index contributed by atoms with van der Waals surface area (Å²) in [7, 11) is 0. The fourth-order valence-electron chi connectivity index (χ4n) is 3.06. The molecule has 0 saturated carbocycles. The van der Waals surface area contributed by atoms with Gasteiger partial charge in [0.15, 0.2) is 0 Å². The molecule has 0 bridgehead atoms. The van der Waals surface area contributed by atoms with Crippen LogP contribution in [0.25, 0.3) is 0 Å². The van der Waals surface area contributed by atoms with Crippen LogP contribution in [0.15, 0.2) is 0 Å². The number of carbonyl (C=O) groups is 6. The van der Waals surface area contributed by atoms with Gasteiger partial charge >= 0.3 is 11.9 Å². The number of aliphatic carboxylic acids is 2. The number of carboxylic acids is 2. The van der Waals surface area contributed by atoms with Crippen molar-refractivity contribution in [1.82, 2.24) is 15.5 Å². The lowest BCUT2D eigenvalue weighted by Crippen LogP contribution is -2.57. The van der Waals surface area contributed by atoms with Crippen molar-refractivity contribution in [1.29, 1.82) is 0 Å². The van der Waals surface area contributed by atoms with Crippen molar-refractivity contribution in [3.05, 3.63) is 0 Å². The number of amides is 4. The Morgan fingerprint density at radius 1 is 1.10 bits per heavy atom. The van der Waals surface area contributed by atoms with Gasteiger partial charge in [0, 0.05) is 18.7 Å². The molecular formula is C17H27N5O8S. The summed E-state index contributed by atoms with van der Waals surface area (Å²) < 4.78 is 0. The highest BCUT2D eigenvalue weighted by atomic mass is 32.1. The molecule has 0 aliphatic carbocycles. The summed E-state index contributed by atoms with van der Waals surface area (Å²) in [6.45, 7) is 0.288. The molecule has 174 valence electrons. The van der Waals surface area contributed by atoms with Crippen molar-refractivity contribution in [3.63, 3.8) is 0 Å². The number of hydrogen-bond donors (Lipinski definition) is 7. The van der Waals surface area contributed by atoms with Gasteiger partial charge in [-0.1, -0.05) is 0 Å². The zero-order valence-corrected chi connectivity index (χ0v) is 17.5. The number of nitrogens with one attached hydrogen (secondary N) is 2. The number of nitrogens with zero attached hydrogens (tertiary/aromatic N) is 1. The highest BCUT2D eigenvalue weighted by molar-refractivity contribution is 7.80. The van der Waals surface area contributed by atoms with Gasteiger partial charge in [-0.25, -0.2) is 4.79 Å². The minimum Gasteiger partial charge on any atom is -0.481 e. The van der Waals surface area contributed by atoms with Crippen LogP contribution in [-0.2, 0) is 28.8 Å². The third kappa shape index (κ3) is 8.05. The SMILES string of the molecule is NC(=O)CCC(NC(=O)C1CCCN1C(=O)C(N)CS)C(=O)NC(CC(=O)O)C(=O)O. The smallest absolute Gasteiger partial charge is 0.326 e. The van der Waals surface area contributed by atoms with E-state index in [9.17, 15) is 28.8 Å². The van der Waals surface area contributed by atoms with Crippen molar-refractivity contribution >= 4 is 48.2 Å². The van der Waals surface area contributed by atoms with E-state index in [0.717, 1.165) is 0 Å². The lowest BCUT2D eigenvalue weighted by Gasteiger charge is -2.28. The first-order valence-corrected chi connectivity index (χ1v) is 10.1. The number of carbonyl (C=O) groups excluding carboxylic acids is 4. The first kappa shape index (κ1) is 26.2. The van der Waals surface area contributed by atoms with Gasteiger partial charge in [0.25, 0.3) is 0 Å². The largest absolute Gasteiger partial charge is 0.481 e. The number of primary amides is 1. The van der Waals surface area contributed by atoms with Gasteiger partial charge in [-0.15, -0.1) is 0 Å². The Morgan fingerprint density at radius 3 is 2.26 bits per heavy atom. The number of nitrogens with two attached hydrogens (primary N) is 2. The predicted octanol–water partition coefficient (Wildman–Crippen LogP) is -2.97. The molecule has 4 unspecified atom stereocenters. The maximum atomic E-state index is 12.8. The van der Waals surface area contributed by atoms with Crippen LogP contribution in [0.4, 0.5) is 0 Å². The van der Waals surface area contributed by atoms with Crippen molar-refractivity contribution < 1.29 is 39.0 Å². The molecule has 1 saturated heterocycles. The number of carboxylic acid groups (broad SMARTS) is 2. The quantitative estimate of drug-likeness (QED) is 0.147. The van der Waals surface area contributed by atoms with E-state index < -0.39 is 66.2 Å². The van der Waals surface area contributed by atoms with Crippen LogP contribution in [0, 0.1) is 0 Å². The molecule has 13 nitrogen and oxygen atoms in total. The van der Waals surface area contributed by atoms with E-state index in [1.165, 1.54) is 4.90 Å². The minimum absolute atomic E-state index is 0.0769. The average molecular weight is 461 g/mol. The fourth-order valence-corrected chi connectivity index (χ4v) is 3.22. The first-order chi connectivity index (χ1) is 14.5. The molecule has 0 aromatic heterocycles. The second-order valence-electron chi connectivity index (χ2n) is 7.04. The zero-order valence-electron chi connectivity index (χ0n) is 16.7. The molecule has 0 radical (unpaired) electrons. The van der Waals surface area contributed by atoms with E-state index >= 15 is 0 Å². The van der Waals surface area contributed by atoms with Gasteiger partial charge in [0.05, 0.1) is 12.5 Å². The zero-order chi connectivity index (χ0) is 23.7. The number of hydrogen-bond acceptors (Lipinski definition) is 8. The molecule has 0 spiro atoms. The normalized spacial score (nSPS) is 18.5. The van der Waals surface area contributed by atoms with E-state index in [4.69, 9.17) is 21.7 Å². The van der Waals surface area contributed by atoms with Crippen LogP contribution in [0.2, 0.25) is 0 Å². The molecule has 8 N–H and O–H groups in total. The molecule has 0 aromatic rings. The topological polar surface area (TPSA) is 222 Å². The maximum absolute atomic E-state index is 12.8. The molecule has 14 heteroatoms. The Labute approximate surface area is 183 Å². The molecule has 1 rings (SSSR count). The Morgan fingerprint density at radius 2 is 1.74 bits per heavy atom. The van der Waals surface area contributed by atoms with Crippen molar-refractivity contribution in [2.24, 2.45) is 11.5 Å². The Bertz CT molecular complexity index is 733. The van der Waals surface area contributed by atoms with Crippen molar-refractivity contribution in [2.45, 2.75) is 56.3 Å². The lowest BCUT2D eigenvalue weighted by atomic mass is 10.1. The number of likely N-dealkylation sites (tertiary alicyclic amines) is 1. The third-order valence-electron chi connectivity index (χ3n) is 4.66. The number of rotatable bonds is 12. The van der Waals surface area contributed by atoms with E-state index in [0.29, 0.717) is 12.8 Å². The van der Waals surface area contributed by atoms with Crippen LogP contribution in [-0.4, -0.2) is 87.1 Å². The lowest BCUT2D eigenvalue weighted by molar-refractivity contribution is -0.147. The Hall–Kier alpha value is -2.87. The summed E-state index contributed by atoms with van der Waals surface area (Å²) in [6.07, 6.45) is -0.584. The second kappa shape index (κ2) is 12.1. The Kier molecular flexibility index (Phi) is 10.2. The van der Waals surface area contributed by atoms with Gasteiger partial charge < -0.3 is 37.2 Å². The summed E-state index contributed by atoms with van der Waals surface area (Å²) in [5.74, 6) is -5.87. The van der Waals surface area contributed by atoms with Crippen LogP contribution in [0.5, 0.6) is 0 Å². The van der Waals surface area contributed by atoms with E-state index in [1.807, 2.05) is 5.32 Å². The maximum Gasteiger partial charge on any atom is 0.326 e. The molecule has 4 atom stereocenters. The average Bonchev–Trinajstić information content (AvgIpc) is 3.18. The first-order valence-electron chi connectivity index (χ1n) is 9.48. The summed E-state index contributed by atoms with van der Waals surface area (Å²) in [4.78, 5) is 72.1. The summed E-state index contributed by atoms with van der Waals surface area (Å²) in [5.41, 5.74) is 10.8. The molecule has 4 amide bonds. The minimum atomic E-state index is -1.74. The summed E-state index contributed by atoms with van der Waals surface area (Å²) in [6, 6.07) is -4.92. The van der Waals surface area contributed by atoms with Crippen LogP contribution in [0.1, 0.15) is 32.1 Å². The van der Waals surface area contributed by atoms with Gasteiger partial charge in [0.1, 0.15) is 18.1 Å². The predicted molar refractivity (Wildman–Crippen MR) is 109 cm³/mol. The van der Waals surface area contributed by atoms with E-state index in [1.54, 1.807) is 0 Å². The van der Waals surface area contributed by atoms with Crippen LogP contribution >= 0.6 is 12.6 Å². The standard InChI is InChI=1S/C17H27N5O8S/c18-8(7-31)16(28)22-5-1-2-11(22)15(27)20-9(3-4-12(19)23)14(26)21-10(17(29)30)6-13(24)25/h8-11,31H,1-7,18H2,(H2,19,23)(H,20,27)(H,21,26)(H,24,25)(H,29,30). The molecule has 31 heavy (non-hydrogen) atoms. The van der Waals surface area contributed by atoms with Gasteiger partial charge in [-0.3, -0.25) is 24.0 Å². The number of thiol groups is 1. The Balaban J connectivity index is 2.94. The van der Waals surface area contributed by atoms with E-state index in [2.05, 4.69) is 17.9 Å². The van der Waals surface area contributed by atoms with Crippen LogP contribution < -0.4 is 22.1 Å². The fraction of sp³-hybridized carbons (Fsp3) is 0.647. The highest BCUT2D eigenvalue weighted by Gasteiger charge is 2.37. The molecule has 1 fully saturated rings. The van der Waals surface area contributed by atoms with E-state index in [-0.39, 0.29) is 25.1 Å². The van der Waals surface area contributed by atoms with Crippen LogP contribution in [0.3, 0.4) is 0 Å². The van der Waals surface area contributed by atoms with Crippen molar-refractivity contribution in [2.75, 3.05) is 12.3 Å². The van der Waals surface area contributed by atoms with Gasteiger partial charge in [-0.05, 0) is 19.3 Å². The second-order valence-corrected chi connectivity index (χ2v) is 7.41. The monoisotopic (exact) mass is 461 g/mol. The molecule has 1 aliphatic heterocycles. The molecule has 1 aliphatic rings. The molecule has 1 heterocycles. The molecular weight excluding hydrogens is 434 g/mol. The highest BCUT2D eigenvalue weighted by Crippen LogP contribution is 2.19. The molecule has 0 aromatic carbocycles. The third-order valence-corrected chi connectivity index (χ3v) is 5.05. The van der Waals surface area contributed by atoms with Gasteiger partial charge in [-0.2, -0.15) is 12.6 Å². The van der Waals surface area contributed by atoms with Crippen molar-refractivity contribution in [3.8, 4) is 0 Å². The summed E-state index contributed by atoms with van der Waals surface area (Å²) in [5, 5.41) is 22.3. The van der Waals surface area contributed by atoms with Gasteiger partial charge in [0.2, 0.25) is 23.6 Å². The summed E-state index contributed by atoms with van der Waals surface area (Å²) >= 11 is 3.97.